The van der Waals surface area contributed by atoms with Crippen LogP contribution in [0.15, 0.2) is 18.2 Å². The van der Waals surface area contributed by atoms with Gasteiger partial charge >= 0.3 is 0 Å². The van der Waals surface area contributed by atoms with Crippen molar-refractivity contribution in [2.75, 3.05) is 6.67 Å². The molecule has 4 heteroatoms. The third kappa shape index (κ3) is 2.83. The number of benzene rings is 1. The van der Waals surface area contributed by atoms with E-state index in [2.05, 4.69) is 0 Å². The first kappa shape index (κ1) is 12.7. The number of rotatable bonds is 2. The number of hydrogen-bond donors (Lipinski definition) is 1. The molecule has 0 radical (unpaired) electrons. The number of alkyl halides is 1. The quantitative estimate of drug-likeness (QED) is 0.820. The summed E-state index contributed by atoms with van der Waals surface area (Å²) in [4.78, 5) is 0. The predicted molar refractivity (Wildman–Crippen MR) is 56.3 cm³/mol. The Morgan fingerprint density at radius 2 is 2.15 bits per heavy atom. The minimum Gasteiger partial charge on any atom is -0.322 e. The molecular weight excluding hydrogens is 212 g/mol. The van der Waals surface area contributed by atoms with Gasteiger partial charge in [0, 0.05) is 5.02 Å². The summed E-state index contributed by atoms with van der Waals surface area (Å²) in [5.41, 5.74) is 7.18. The summed E-state index contributed by atoms with van der Waals surface area (Å²) in [7, 11) is 0. The van der Waals surface area contributed by atoms with Crippen LogP contribution in [0.4, 0.5) is 4.39 Å². The molecular formula is C9H12Cl2FN. The van der Waals surface area contributed by atoms with E-state index < -0.39 is 12.7 Å². The summed E-state index contributed by atoms with van der Waals surface area (Å²) in [5.74, 6) is 0. The summed E-state index contributed by atoms with van der Waals surface area (Å²) in [6.45, 7) is 1.29. The molecule has 1 rings (SSSR count). The molecule has 0 aliphatic rings. The second-order valence-corrected chi connectivity index (χ2v) is 3.14. The van der Waals surface area contributed by atoms with Crippen LogP contribution in [0.25, 0.3) is 0 Å². The predicted octanol–water partition coefficient (Wildman–Crippen LogP) is 3.04. The average molecular weight is 224 g/mol. The normalized spacial score (nSPS) is 12.0. The largest absolute Gasteiger partial charge is 0.322 e. The molecule has 0 spiro atoms. The molecule has 0 unspecified atom stereocenters. The van der Waals surface area contributed by atoms with Crippen molar-refractivity contribution < 1.29 is 4.39 Å². The molecule has 0 aliphatic heterocycles. The summed E-state index contributed by atoms with van der Waals surface area (Å²) < 4.78 is 12.2. The van der Waals surface area contributed by atoms with Crippen LogP contribution in [-0.4, -0.2) is 6.67 Å². The smallest absolute Gasteiger partial charge is 0.109 e. The van der Waals surface area contributed by atoms with E-state index in [1.807, 2.05) is 19.1 Å². The summed E-state index contributed by atoms with van der Waals surface area (Å²) in [5, 5.41) is 0.542. The third-order valence-electron chi connectivity index (χ3n) is 1.81. The molecule has 0 amide bonds. The maximum atomic E-state index is 12.2. The molecule has 1 aromatic carbocycles. The average Bonchev–Trinajstić information content (AvgIpc) is 2.03. The highest BCUT2D eigenvalue weighted by Gasteiger charge is 2.11. The molecule has 1 atom stereocenters. The molecule has 1 nitrogen and oxygen atoms in total. The van der Waals surface area contributed by atoms with Gasteiger partial charge in [-0.3, -0.25) is 0 Å². The second-order valence-electron chi connectivity index (χ2n) is 2.73. The molecule has 0 aliphatic carbocycles. The van der Waals surface area contributed by atoms with Crippen LogP contribution in [0.1, 0.15) is 17.2 Å². The first-order valence-electron chi connectivity index (χ1n) is 3.73. The Bertz CT molecular complexity index is 258. The minimum absolute atomic E-state index is 0. The van der Waals surface area contributed by atoms with Crippen molar-refractivity contribution in [3.63, 3.8) is 0 Å². The van der Waals surface area contributed by atoms with Gasteiger partial charge in [-0.15, -0.1) is 12.4 Å². The van der Waals surface area contributed by atoms with Crippen molar-refractivity contribution in [2.24, 2.45) is 5.73 Å². The van der Waals surface area contributed by atoms with E-state index in [0.717, 1.165) is 5.56 Å². The highest BCUT2D eigenvalue weighted by atomic mass is 35.5. The Morgan fingerprint density at radius 1 is 1.54 bits per heavy atom. The Kier molecular flexibility index (Phi) is 5.30. The number of hydrogen-bond acceptors (Lipinski definition) is 1. The zero-order valence-electron chi connectivity index (χ0n) is 7.26. The lowest BCUT2D eigenvalue weighted by molar-refractivity contribution is 0.436. The standard InChI is InChI=1S/C9H11ClFN.ClH/c1-6-3-2-4-7(10)9(6)8(12)5-11;/h2-4,8H,5,12H2,1H3;1H/t8-;/m1./s1. The van der Waals surface area contributed by atoms with E-state index in [1.54, 1.807) is 6.07 Å². The maximum absolute atomic E-state index is 12.2. The number of aryl methyl sites for hydroxylation is 1. The molecule has 13 heavy (non-hydrogen) atoms. The molecule has 0 bridgehead atoms. The number of halogens is 3. The van der Waals surface area contributed by atoms with Gasteiger partial charge in [0.15, 0.2) is 0 Å². The van der Waals surface area contributed by atoms with Crippen LogP contribution >= 0.6 is 24.0 Å². The second kappa shape index (κ2) is 5.43. The Hall–Kier alpha value is -0.310. The fraction of sp³-hybridized carbons (Fsp3) is 0.333. The zero-order valence-corrected chi connectivity index (χ0v) is 8.83. The van der Waals surface area contributed by atoms with Crippen molar-refractivity contribution in [1.29, 1.82) is 0 Å². The summed E-state index contributed by atoms with van der Waals surface area (Å²) in [6, 6.07) is 4.82. The van der Waals surface area contributed by atoms with Gasteiger partial charge in [-0.1, -0.05) is 23.7 Å². The van der Waals surface area contributed by atoms with Crippen LogP contribution in [0, 0.1) is 6.92 Å². The van der Waals surface area contributed by atoms with Crippen LogP contribution in [0.3, 0.4) is 0 Å². The Labute approximate surface area is 88.5 Å². The first-order chi connectivity index (χ1) is 5.66. The summed E-state index contributed by atoms with van der Waals surface area (Å²) >= 11 is 5.86. The summed E-state index contributed by atoms with van der Waals surface area (Å²) in [6.07, 6.45) is 0. The van der Waals surface area contributed by atoms with Gasteiger partial charge < -0.3 is 5.73 Å². The lowest BCUT2D eigenvalue weighted by Crippen LogP contribution is -2.14. The van der Waals surface area contributed by atoms with Crippen LogP contribution in [0.2, 0.25) is 5.02 Å². The lowest BCUT2D eigenvalue weighted by Gasteiger charge is -2.12. The topological polar surface area (TPSA) is 26.0 Å². The van der Waals surface area contributed by atoms with Crippen molar-refractivity contribution in [1.82, 2.24) is 0 Å². The van der Waals surface area contributed by atoms with Gasteiger partial charge in [-0.2, -0.15) is 0 Å². The third-order valence-corrected chi connectivity index (χ3v) is 2.14. The van der Waals surface area contributed by atoms with Crippen molar-refractivity contribution in [3.8, 4) is 0 Å². The minimum atomic E-state index is -0.598. The van der Waals surface area contributed by atoms with E-state index in [-0.39, 0.29) is 12.4 Å². The molecule has 0 heterocycles. The van der Waals surface area contributed by atoms with Gasteiger partial charge in [0.05, 0.1) is 6.04 Å². The molecule has 74 valence electrons. The molecule has 0 fully saturated rings. The van der Waals surface area contributed by atoms with Crippen molar-refractivity contribution in [3.05, 3.63) is 34.3 Å². The van der Waals surface area contributed by atoms with Gasteiger partial charge in [0.25, 0.3) is 0 Å². The van der Waals surface area contributed by atoms with E-state index in [9.17, 15) is 4.39 Å². The van der Waals surface area contributed by atoms with Crippen LogP contribution in [0.5, 0.6) is 0 Å². The Balaban J connectivity index is 0.00000144. The Morgan fingerprint density at radius 3 is 2.62 bits per heavy atom. The van der Waals surface area contributed by atoms with Gasteiger partial charge in [0.2, 0.25) is 0 Å². The molecule has 0 saturated heterocycles. The van der Waals surface area contributed by atoms with E-state index in [1.165, 1.54) is 0 Å². The maximum Gasteiger partial charge on any atom is 0.109 e. The van der Waals surface area contributed by atoms with Gasteiger partial charge in [-0.05, 0) is 24.1 Å². The SMILES string of the molecule is Cc1cccc(Cl)c1[C@H](N)CF.Cl. The van der Waals surface area contributed by atoms with E-state index in [4.69, 9.17) is 17.3 Å². The van der Waals surface area contributed by atoms with Crippen LogP contribution < -0.4 is 5.73 Å². The van der Waals surface area contributed by atoms with E-state index in [0.29, 0.717) is 10.6 Å². The lowest BCUT2D eigenvalue weighted by atomic mass is 10.0. The first-order valence-corrected chi connectivity index (χ1v) is 4.11. The molecule has 0 aromatic heterocycles. The fourth-order valence-electron chi connectivity index (χ4n) is 1.19. The van der Waals surface area contributed by atoms with Crippen molar-refractivity contribution in [2.45, 2.75) is 13.0 Å². The fourth-order valence-corrected chi connectivity index (χ4v) is 1.55. The number of nitrogens with two attached hydrogens (primary N) is 1. The highest BCUT2D eigenvalue weighted by molar-refractivity contribution is 6.31. The molecule has 1 aromatic rings. The van der Waals surface area contributed by atoms with Gasteiger partial charge in [-0.25, -0.2) is 4.39 Å². The molecule has 0 saturated carbocycles. The van der Waals surface area contributed by atoms with Crippen LogP contribution in [-0.2, 0) is 0 Å². The van der Waals surface area contributed by atoms with Gasteiger partial charge in [0.1, 0.15) is 6.67 Å². The monoisotopic (exact) mass is 223 g/mol. The highest BCUT2D eigenvalue weighted by Crippen LogP contribution is 2.24. The molecule has 2 N–H and O–H groups in total. The van der Waals surface area contributed by atoms with Crippen molar-refractivity contribution >= 4 is 24.0 Å². The van der Waals surface area contributed by atoms with E-state index >= 15 is 0 Å². The zero-order chi connectivity index (χ0) is 9.14.